The summed E-state index contributed by atoms with van der Waals surface area (Å²) >= 11 is 3.18. The summed E-state index contributed by atoms with van der Waals surface area (Å²) < 4.78 is 13.4. The summed E-state index contributed by atoms with van der Waals surface area (Å²) in [6.45, 7) is 0. The third-order valence-corrected chi connectivity index (χ3v) is 3.51. The van der Waals surface area contributed by atoms with E-state index in [0.29, 0.717) is 21.3 Å². The van der Waals surface area contributed by atoms with Crippen molar-refractivity contribution in [2.45, 2.75) is 0 Å². The van der Waals surface area contributed by atoms with E-state index in [9.17, 15) is 9.18 Å². The van der Waals surface area contributed by atoms with Gasteiger partial charge in [0.2, 0.25) is 0 Å². The quantitative estimate of drug-likeness (QED) is 0.840. The number of amides is 1. The van der Waals surface area contributed by atoms with Crippen LogP contribution in [0.5, 0.6) is 0 Å². The summed E-state index contributed by atoms with van der Waals surface area (Å²) in [6, 6.07) is 12.6. The van der Waals surface area contributed by atoms with Gasteiger partial charge in [-0.3, -0.25) is 4.79 Å². The second kappa shape index (κ2) is 5.85. The maximum absolute atomic E-state index is 13.0. The van der Waals surface area contributed by atoms with Crippen LogP contribution in [-0.4, -0.2) is 13.0 Å². The van der Waals surface area contributed by atoms with E-state index in [0.717, 1.165) is 0 Å². The Labute approximate surface area is 124 Å². The van der Waals surface area contributed by atoms with Crippen molar-refractivity contribution in [1.82, 2.24) is 0 Å². The van der Waals surface area contributed by atoms with E-state index in [1.807, 2.05) is 6.07 Å². The van der Waals surface area contributed by atoms with Crippen LogP contribution >= 0.6 is 15.9 Å². The van der Waals surface area contributed by atoms with Gasteiger partial charge in [0.1, 0.15) is 5.82 Å². The zero-order chi connectivity index (χ0) is 14.7. The SMILES string of the molecule is CN(C(=O)c1ccc(F)cc1Br)c1ccc(C#N)cc1. The molecule has 0 atom stereocenters. The topological polar surface area (TPSA) is 44.1 Å². The van der Waals surface area contributed by atoms with Crippen LogP contribution in [0.3, 0.4) is 0 Å². The standard InChI is InChI=1S/C15H10BrFN2O/c1-19(12-5-2-10(9-18)3-6-12)15(20)13-7-4-11(17)8-14(13)16/h2-8H,1H3. The highest BCUT2D eigenvalue weighted by Gasteiger charge is 2.16. The molecule has 0 unspecified atom stereocenters. The molecule has 0 saturated carbocycles. The lowest BCUT2D eigenvalue weighted by Crippen LogP contribution is -2.26. The first-order valence-electron chi connectivity index (χ1n) is 5.76. The summed E-state index contributed by atoms with van der Waals surface area (Å²) in [5.74, 6) is -0.670. The van der Waals surface area contributed by atoms with Crippen LogP contribution in [0.2, 0.25) is 0 Å². The third kappa shape index (κ3) is 2.86. The molecule has 0 aliphatic rings. The van der Waals surface area contributed by atoms with Gasteiger partial charge in [-0.05, 0) is 58.4 Å². The van der Waals surface area contributed by atoms with Gasteiger partial charge >= 0.3 is 0 Å². The molecule has 0 aliphatic carbocycles. The maximum atomic E-state index is 13.0. The number of carbonyl (C=O) groups excluding carboxylic acids is 1. The Kier molecular flexibility index (Phi) is 4.16. The predicted molar refractivity (Wildman–Crippen MR) is 78.0 cm³/mol. The normalized spacial score (nSPS) is 9.90. The molecular weight excluding hydrogens is 323 g/mol. The fourth-order valence-electron chi connectivity index (χ4n) is 1.72. The van der Waals surface area contributed by atoms with E-state index in [2.05, 4.69) is 15.9 Å². The number of halogens is 2. The Morgan fingerprint density at radius 3 is 2.45 bits per heavy atom. The van der Waals surface area contributed by atoms with E-state index in [-0.39, 0.29) is 5.91 Å². The number of hydrogen-bond acceptors (Lipinski definition) is 2. The molecular formula is C15H10BrFN2O. The average Bonchev–Trinajstić information content (AvgIpc) is 2.46. The Hall–Kier alpha value is -2.19. The molecule has 20 heavy (non-hydrogen) atoms. The Morgan fingerprint density at radius 2 is 1.90 bits per heavy atom. The molecule has 0 aliphatic heterocycles. The molecule has 3 nitrogen and oxygen atoms in total. The Balaban J connectivity index is 2.30. The molecule has 2 aromatic rings. The Morgan fingerprint density at radius 1 is 1.25 bits per heavy atom. The van der Waals surface area contributed by atoms with E-state index in [1.165, 1.54) is 23.1 Å². The molecule has 1 amide bonds. The van der Waals surface area contributed by atoms with Gasteiger partial charge in [0.05, 0.1) is 17.2 Å². The zero-order valence-corrected chi connectivity index (χ0v) is 12.2. The molecule has 0 fully saturated rings. The monoisotopic (exact) mass is 332 g/mol. The number of carbonyl (C=O) groups is 1. The van der Waals surface area contributed by atoms with Crippen LogP contribution in [-0.2, 0) is 0 Å². The van der Waals surface area contributed by atoms with Crippen LogP contribution in [0.1, 0.15) is 15.9 Å². The minimum absolute atomic E-state index is 0.262. The lowest BCUT2D eigenvalue weighted by molar-refractivity contribution is 0.0992. The fraction of sp³-hybridized carbons (Fsp3) is 0.0667. The summed E-state index contributed by atoms with van der Waals surface area (Å²) in [7, 11) is 1.62. The van der Waals surface area contributed by atoms with Gasteiger partial charge in [-0.15, -0.1) is 0 Å². The van der Waals surface area contributed by atoms with Gasteiger partial charge in [0.25, 0.3) is 5.91 Å². The number of nitriles is 1. The van der Waals surface area contributed by atoms with Crippen molar-refractivity contribution in [3.63, 3.8) is 0 Å². The molecule has 0 aromatic heterocycles. The minimum atomic E-state index is -0.408. The first kappa shape index (κ1) is 14.2. The van der Waals surface area contributed by atoms with Crippen molar-refractivity contribution in [3.05, 3.63) is 63.9 Å². The predicted octanol–water partition coefficient (Wildman–Crippen LogP) is 3.74. The first-order valence-corrected chi connectivity index (χ1v) is 6.55. The van der Waals surface area contributed by atoms with Gasteiger partial charge in [-0.2, -0.15) is 5.26 Å². The highest BCUT2D eigenvalue weighted by molar-refractivity contribution is 9.10. The number of rotatable bonds is 2. The lowest BCUT2D eigenvalue weighted by atomic mass is 10.1. The number of hydrogen-bond donors (Lipinski definition) is 0. The van der Waals surface area contributed by atoms with Crippen LogP contribution in [0.15, 0.2) is 46.9 Å². The Bertz CT molecular complexity index is 692. The molecule has 0 heterocycles. The van der Waals surface area contributed by atoms with E-state index >= 15 is 0 Å². The van der Waals surface area contributed by atoms with Gasteiger partial charge in [-0.1, -0.05) is 0 Å². The van der Waals surface area contributed by atoms with Gasteiger partial charge in [-0.25, -0.2) is 4.39 Å². The lowest BCUT2D eigenvalue weighted by Gasteiger charge is -2.18. The molecule has 2 rings (SSSR count). The van der Waals surface area contributed by atoms with Crippen LogP contribution in [0.4, 0.5) is 10.1 Å². The number of anilines is 1. The summed E-state index contributed by atoms with van der Waals surface area (Å²) in [5.41, 5.74) is 1.56. The fourth-order valence-corrected chi connectivity index (χ4v) is 2.24. The van der Waals surface area contributed by atoms with Crippen LogP contribution < -0.4 is 4.90 Å². The highest BCUT2D eigenvalue weighted by atomic mass is 79.9. The average molecular weight is 333 g/mol. The van der Waals surface area contributed by atoms with Gasteiger partial charge in [0, 0.05) is 17.2 Å². The molecule has 0 radical (unpaired) electrons. The van der Waals surface area contributed by atoms with Crippen molar-refractivity contribution in [1.29, 1.82) is 5.26 Å². The number of benzene rings is 2. The van der Waals surface area contributed by atoms with Gasteiger partial charge < -0.3 is 4.90 Å². The molecule has 100 valence electrons. The van der Waals surface area contributed by atoms with Crippen LogP contribution in [0, 0.1) is 17.1 Å². The highest BCUT2D eigenvalue weighted by Crippen LogP contribution is 2.22. The second-order valence-corrected chi connectivity index (χ2v) is 5.00. The number of nitrogens with zero attached hydrogens (tertiary/aromatic N) is 2. The van der Waals surface area contributed by atoms with E-state index in [4.69, 9.17) is 5.26 Å². The first-order chi connectivity index (χ1) is 9.52. The van der Waals surface area contributed by atoms with Crippen molar-refractivity contribution in [3.8, 4) is 6.07 Å². The van der Waals surface area contributed by atoms with Gasteiger partial charge in [0.15, 0.2) is 0 Å². The third-order valence-electron chi connectivity index (χ3n) is 2.85. The van der Waals surface area contributed by atoms with Crippen LogP contribution in [0.25, 0.3) is 0 Å². The second-order valence-electron chi connectivity index (χ2n) is 4.15. The molecule has 0 bridgehead atoms. The largest absolute Gasteiger partial charge is 0.311 e. The molecule has 2 aromatic carbocycles. The van der Waals surface area contributed by atoms with Crippen molar-refractivity contribution < 1.29 is 9.18 Å². The maximum Gasteiger partial charge on any atom is 0.259 e. The summed E-state index contributed by atoms with van der Waals surface area (Å²) in [6.07, 6.45) is 0. The minimum Gasteiger partial charge on any atom is -0.311 e. The smallest absolute Gasteiger partial charge is 0.259 e. The zero-order valence-electron chi connectivity index (χ0n) is 10.6. The summed E-state index contributed by atoms with van der Waals surface area (Å²) in [4.78, 5) is 13.8. The van der Waals surface area contributed by atoms with Crippen molar-refractivity contribution >= 4 is 27.5 Å². The summed E-state index contributed by atoms with van der Waals surface area (Å²) in [5, 5.41) is 8.74. The molecule has 0 N–H and O–H groups in total. The molecule has 5 heteroatoms. The molecule has 0 saturated heterocycles. The van der Waals surface area contributed by atoms with E-state index in [1.54, 1.807) is 31.3 Å². The van der Waals surface area contributed by atoms with Crippen molar-refractivity contribution in [2.24, 2.45) is 0 Å². The van der Waals surface area contributed by atoms with E-state index < -0.39 is 5.82 Å². The van der Waals surface area contributed by atoms with Crippen molar-refractivity contribution in [2.75, 3.05) is 11.9 Å². The molecule has 0 spiro atoms.